The Balaban J connectivity index is 1.41. The van der Waals surface area contributed by atoms with E-state index in [0.717, 1.165) is 13.1 Å². The Morgan fingerprint density at radius 3 is 2.77 bits per heavy atom. The number of fused-ring (bicyclic) bond motifs is 3. The van der Waals surface area contributed by atoms with Crippen molar-refractivity contribution in [1.82, 2.24) is 19.9 Å². The molecule has 0 amide bonds. The number of hydrogen-bond acceptors (Lipinski definition) is 8. The van der Waals surface area contributed by atoms with Gasteiger partial charge in [-0.1, -0.05) is 0 Å². The Morgan fingerprint density at radius 2 is 2.00 bits per heavy atom. The fourth-order valence-corrected chi connectivity index (χ4v) is 6.89. The zero-order valence-corrected chi connectivity index (χ0v) is 23.3. The summed E-state index contributed by atoms with van der Waals surface area (Å²) in [7, 11) is 0. The molecule has 8 nitrogen and oxygen atoms in total. The third kappa shape index (κ3) is 4.61. The van der Waals surface area contributed by atoms with Gasteiger partial charge in [-0.25, -0.2) is 17.6 Å². The first-order valence-electron chi connectivity index (χ1n) is 15.2. The molecule has 4 fully saturated rings. The zero-order chi connectivity index (χ0) is 32.9. The molecular formula is C29H28F7N5O3. The molecule has 4 aliphatic rings. The molecule has 1 saturated carbocycles. The number of ether oxygens (including phenoxy) is 2. The van der Waals surface area contributed by atoms with Gasteiger partial charge in [0.05, 0.1) is 38.5 Å². The highest BCUT2D eigenvalue weighted by molar-refractivity contribution is 5.92. The van der Waals surface area contributed by atoms with Gasteiger partial charge in [-0.05, 0) is 32.4 Å². The van der Waals surface area contributed by atoms with E-state index in [0.29, 0.717) is 19.0 Å². The van der Waals surface area contributed by atoms with Crippen LogP contribution in [0.25, 0.3) is 22.2 Å². The van der Waals surface area contributed by atoms with Gasteiger partial charge in [-0.2, -0.15) is 23.1 Å². The normalized spacial score (nSPS) is 29.7. The summed E-state index contributed by atoms with van der Waals surface area (Å²) in [6, 6.07) is -1.04. The number of benzene rings is 1. The number of phenolic OH excluding ortho intramolecular Hbond substituents is 1. The number of nitrogens with zero attached hydrogens (tertiary/aromatic N) is 5. The minimum absolute atomic E-state index is 0.00341. The number of pyridine rings is 1. The van der Waals surface area contributed by atoms with Crippen LogP contribution in [0.3, 0.4) is 0 Å². The van der Waals surface area contributed by atoms with Crippen molar-refractivity contribution in [2.75, 3.05) is 44.3 Å². The summed E-state index contributed by atoms with van der Waals surface area (Å²) in [4.78, 5) is 15.5. The van der Waals surface area contributed by atoms with Crippen LogP contribution in [0, 0.1) is 24.5 Å². The van der Waals surface area contributed by atoms with Crippen LogP contribution in [-0.4, -0.2) is 88.3 Å². The molecule has 3 aromatic rings. The van der Waals surface area contributed by atoms with Gasteiger partial charge in [0.2, 0.25) is 0 Å². The molecule has 2 aromatic heterocycles. The molecule has 1 aliphatic carbocycles. The average molecular weight is 630 g/mol. The van der Waals surface area contributed by atoms with E-state index in [1.165, 1.54) is 4.90 Å². The summed E-state index contributed by atoms with van der Waals surface area (Å²) in [6.45, 7) is -1.06. The fourth-order valence-electron chi connectivity index (χ4n) is 6.89. The Labute approximate surface area is 249 Å². The Kier molecular flexibility index (Phi) is 6.29. The fraction of sp³-hybridized carbons (Fsp3) is 0.552. The Bertz CT molecular complexity index is 1730. The van der Waals surface area contributed by atoms with Gasteiger partial charge in [-0.3, -0.25) is 9.88 Å². The van der Waals surface area contributed by atoms with E-state index in [1.807, 2.05) is 0 Å². The van der Waals surface area contributed by atoms with E-state index < -0.39 is 93.9 Å². The van der Waals surface area contributed by atoms with Crippen molar-refractivity contribution in [1.29, 1.82) is 0 Å². The Morgan fingerprint density at radius 1 is 1.20 bits per heavy atom. The van der Waals surface area contributed by atoms with Crippen LogP contribution in [0.15, 0.2) is 12.3 Å². The first kappa shape index (κ1) is 26.9. The maximum Gasteiger partial charge on any atom is 0.417 e. The zero-order valence-electron chi connectivity index (χ0n) is 25.3. The molecule has 44 heavy (non-hydrogen) atoms. The maximum atomic E-state index is 16.5. The minimum Gasteiger partial charge on any atom is -0.505 e. The highest BCUT2D eigenvalue weighted by Crippen LogP contribution is 2.47. The van der Waals surface area contributed by atoms with Crippen molar-refractivity contribution in [3.05, 3.63) is 35.0 Å². The molecule has 7 rings (SSSR count). The lowest BCUT2D eigenvalue weighted by molar-refractivity contribution is -0.137. The molecule has 15 heteroatoms. The average Bonchev–Trinajstić information content (AvgIpc) is 3.33. The van der Waals surface area contributed by atoms with Crippen molar-refractivity contribution in [2.45, 2.75) is 56.3 Å². The summed E-state index contributed by atoms with van der Waals surface area (Å²) in [5, 5.41) is 9.90. The number of hydrogen-bond donors (Lipinski definition) is 1. The molecule has 1 aromatic carbocycles. The van der Waals surface area contributed by atoms with Crippen LogP contribution in [0.2, 0.25) is 0 Å². The van der Waals surface area contributed by atoms with Crippen molar-refractivity contribution in [3.63, 3.8) is 0 Å². The topological polar surface area (TPSA) is 83.8 Å². The third-order valence-corrected chi connectivity index (χ3v) is 9.05. The van der Waals surface area contributed by atoms with Crippen molar-refractivity contribution in [3.8, 4) is 23.0 Å². The van der Waals surface area contributed by atoms with Gasteiger partial charge < -0.3 is 19.5 Å². The maximum absolute atomic E-state index is 16.5. The molecule has 0 bridgehead atoms. The monoisotopic (exact) mass is 629 g/mol. The molecule has 3 aliphatic heterocycles. The third-order valence-electron chi connectivity index (χ3n) is 9.05. The number of aromatic hydroxyl groups is 1. The minimum atomic E-state index is -5.18. The van der Waals surface area contributed by atoms with Gasteiger partial charge in [0.15, 0.2) is 17.4 Å². The number of anilines is 1. The Hall–Kier alpha value is -3.46. The van der Waals surface area contributed by atoms with E-state index in [2.05, 4.69) is 15.0 Å². The summed E-state index contributed by atoms with van der Waals surface area (Å²) in [5.41, 5.74) is -6.45. The quantitative estimate of drug-likeness (QED) is 0.389. The molecule has 3 saturated heterocycles. The number of rotatable bonds is 5. The standard InChI is InChI=1S/C29H28F7N5O3/c1-13-19(29(34,35)36)15(7-18(42)20(13)31)23-22(33)24-16(9-37-23)26(41-5-6-43-11-17-21(32)25(17)41)39-27(38-24)44-12-28-3-2-4-40(28)10-14(30)8-28/h7,9,14,17,21,25,42H,2-6,8,10-12H2,1H3/t14-,17+,21+,25+,28+/m1/s1/i12D2. The molecule has 236 valence electrons. The van der Waals surface area contributed by atoms with Gasteiger partial charge in [-0.15, -0.1) is 0 Å². The second kappa shape index (κ2) is 10.3. The van der Waals surface area contributed by atoms with Crippen LogP contribution in [0.5, 0.6) is 11.8 Å². The summed E-state index contributed by atoms with van der Waals surface area (Å²) in [6.07, 6.45) is -6.19. The van der Waals surface area contributed by atoms with Crippen LogP contribution in [0.1, 0.15) is 33.1 Å². The molecule has 5 heterocycles. The molecule has 0 unspecified atom stereocenters. The highest BCUT2D eigenvalue weighted by Gasteiger charge is 2.56. The van der Waals surface area contributed by atoms with Gasteiger partial charge in [0.25, 0.3) is 0 Å². The van der Waals surface area contributed by atoms with Crippen LogP contribution < -0.4 is 9.64 Å². The van der Waals surface area contributed by atoms with E-state index in [-0.39, 0.29) is 50.3 Å². The van der Waals surface area contributed by atoms with Crippen molar-refractivity contribution in [2.24, 2.45) is 5.92 Å². The van der Waals surface area contributed by atoms with Crippen LogP contribution in [0.4, 0.5) is 36.6 Å². The lowest BCUT2D eigenvalue weighted by atomic mass is 9.95. The number of alkyl halides is 5. The molecule has 0 radical (unpaired) electrons. The predicted molar refractivity (Wildman–Crippen MR) is 143 cm³/mol. The molecule has 0 spiro atoms. The highest BCUT2D eigenvalue weighted by atomic mass is 19.4. The van der Waals surface area contributed by atoms with Crippen molar-refractivity contribution < 1.29 is 48.1 Å². The number of halogens is 7. The summed E-state index contributed by atoms with van der Waals surface area (Å²) >= 11 is 0. The first-order chi connectivity index (χ1) is 21.6. The summed E-state index contributed by atoms with van der Waals surface area (Å²) < 4.78 is 132. The molecule has 1 N–H and O–H groups in total. The van der Waals surface area contributed by atoms with E-state index in [9.17, 15) is 31.4 Å². The first-order valence-corrected chi connectivity index (χ1v) is 14.2. The molecule has 5 atom stereocenters. The number of phenols is 1. The molecular weight excluding hydrogens is 599 g/mol. The van der Waals surface area contributed by atoms with Crippen LogP contribution >= 0.6 is 0 Å². The lowest BCUT2D eigenvalue weighted by Crippen LogP contribution is -2.43. The van der Waals surface area contributed by atoms with E-state index >= 15 is 4.39 Å². The van der Waals surface area contributed by atoms with E-state index in [4.69, 9.17) is 12.2 Å². The number of aromatic nitrogens is 3. The largest absolute Gasteiger partial charge is 0.505 e. The smallest absolute Gasteiger partial charge is 0.417 e. The SMILES string of the molecule is [2H]C([2H])(Oc1nc(N2CCOC[C@H]3[C@H](F)[C@H]32)c2cnc(-c3cc(O)c(F)c(C)c3C(F)(F)F)c(F)c2n1)[C@@]12CCCN1C[C@H](F)C2. The second-order valence-electron chi connectivity index (χ2n) is 11.7. The second-order valence-corrected chi connectivity index (χ2v) is 11.7. The van der Waals surface area contributed by atoms with Crippen molar-refractivity contribution >= 4 is 16.7 Å². The summed E-state index contributed by atoms with van der Waals surface area (Å²) in [5.74, 6) is -4.78. The van der Waals surface area contributed by atoms with E-state index in [1.54, 1.807) is 4.90 Å². The lowest BCUT2D eigenvalue weighted by Gasteiger charge is -2.31. The van der Waals surface area contributed by atoms with Crippen LogP contribution in [-0.2, 0) is 10.9 Å². The van der Waals surface area contributed by atoms with Gasteiger partial charge in [0, 0.05) is 42.8 Å². The van der Waals surface area contributed by atoms with Gasteiger partial charge >= 0.3 is 12.2 Å². The predicted octanol–water partition coefficient (Wildman–Crippen LogP) is 5.13. The van der Waals surface area contributed by atoms with Gasteiger partial charge in [0.1, 0.15) is 35.9 Å².